The zero-order chi connectivity index (χ0) is 34.2. The Labute approximate surface area is 301 Å². The zero-order valence-electron chi connectivity index (χ0n) is 28.2. The van der Waals surface area contributed by atoms with E-state index in [1.54, 1.807) is 0 Å². The van der Waals surface area contributed by atoms with Crippen LogP contribution in [0.1, 0.15) is 22.3 Å². The SMILES string of the molecule is c1ccc(-c2cccc3c2C2(c4ccccc4Oc4ccccc42)c2c(cccc2-c2ccc4c5ccccc5n(-c5ccccc5)c4c2)O3)cc1. The van der Waals surface area contributed by atoms with Crippen molar-refractivity contribution in [1.29, 1.82) is 0 Å². The van der Waals surface area contributed by atoms with Crippen molar-refractivity contribution in [3.8, 4) is 50.9 Å². The lowest BCUT2D eigenvalue weighted by Crippen LogP contribution is -2.38. The number of hydrogen-bond acceptors (Lipinski definition) is 2. The standard InChI is InChI=1S/C49H31NO2/c1-3-15-32(16-4-1)35-20-13-27-45-47(35)49(39-22-8-11-25-43(39)51-44-26-12-9-23-40(44)49)48-36(21-14-28-46(48)52-45)33-29-30-38-37-19-7-10-24-41(37)50(42(38)31-33)34-17-5-2-6-18-34/h1-31H. The van der Waals surface area contributed by atoms with Gasteiger partial charge in [-0.25, -0.2) is 0 Å². The van der Waals surface area contributed by atoms with Crippen LogP contribution in [0, 0.1) is 0 Å². The van der Waals surface area contributed by atoms with Crippen molar-refractivity contribution in [2.75, 3.05) is 0 Å². The van der Waals surface area contributed by atoms with E-state index in [0.717, 1.165) is 78.7 Å². The van der Waals surface area contributed by atoms with Gasteiger partial charge in [0.2, 0.25) is 0 Å². The van der Waals surface area contributed by atoms with Gasteiger partial charge < -0.3 is 14.0 Å². The van der Waals surface area contributed by atoms with Crippen molar-refractivity contribution in [2.45, 2.75) is 5.41 Å². The summed E-state index contributed by atoms with van der Waals surface area (Å²) in [6.07, 6.45) is 0. The molecular formula is C49H31NO2. The molecule has 0 unspecified atom stereocenters. The third kappa shape index (κ3) is 3.96. The molecule has 244 valence electrons. The van der Waals surface area contributed by atoms with Crippen LogP contribution in [0.2, 0.25) is 0 Å². The number of nitrogens with zero attached hydrogens (tertiary/aromatic N) is 1. The normalized spacial score (nSPS) is 13.5. The Kier molecular flexibility index (Phi) is 6.17. The number of para-hydroxylation sites is 4. The minimum atomic E-state index is -0.765. The van der Waals surface area contributed by atoms with Crippen molar-refractivity contribution in [3.63, 3.8) is 0 Å². The van der Waals surface area contributed by atoms with Crippen molar-refractivity contribution in [3.05, 3.63) is 210 Å². The summed E-state index contributed by atoms with van der Waals surface area (Å²) in [5.74, 6) is 3.37. The van der Waals surface area contributed by atoms with Crippen LogP contribution in [0.3, 0.4) is 0 Å². The quantitative estimate of drug-likeness (QED) is 0.187. The first kappa shape index (κ1) is 28.9. The molecule has 0 atom stereocenters. The minimum Gasteiger partial charge on any atom is -0.457 e. The van der Waals surface area contributed by atoms with Gasteiger partial charge in [0.1, 0.15) is 23.0 Å². The lowest BCUT2D eigenvalue weighted by Gasteiger charge is -2.46. The first-order valence-corrected chi connectivity index (χ1v) is 17.8. The summed E-state index contributed by atoms with van der Waals surface area (Å²) in [5.41, 5.74) is 11.6. The van der Waals surface area contributed by atoms with Crippen LogP contribution in [0.25, 0.3) is 49.7 Å². The van der Waals surface area contributed by atoms with Gasteiger partial charge in [0, 0.05) is 38.7 Å². The van der Waals surface area contributed by atoms with Gasteiger partial charge in [0.25, 0.3) is 0 Å². The van der Waals surface area contributed by atoms with Crippen LogP contribution in [0.15, 0.2) is 188 Å². The Morgan fingerprint density at radius 3 is 1.58 bits per heavy atom. The van der Waals surface area contributed by atoms with Crippen LogP contribution < -0.4 is 9.47 Å². The Hall–Kier alpha value is -6.84. The smallest absolute Gasteiger partial charge is 0.132 e. The van der Waals surface area contributed by atoms with E-state index in [2.05, 4.69) is 193 Å². The molecule has 3 heterocycles. The van der Waals surface area contributed by atoms with Crippen LogP contribution in [0.5, 0.6) is 23.0 Å². The van der Waals surface area contributed by atoms with Gasteiger partial charge in [-0.2, -0.15) is 0 Å². The number of fused-ring (bicyclic) bond motifs is 11. The second-order valence-electron chi connectivity index (χ2n) is 13.6. The molecular weight excluding hydrogens is 635 g/mol. The molecule has 0 saturated heterocycles. The molecule has 0 bridgehead atoms. The fraction of sp³-hybridized carbons (Fsp3) is 0.0204. The number of ether oxygens (including phenoxy) is 2. The van der Waals surface area contributed by atoms with E-state index in [-0.39, 0.29) is 0 Å². The van der Waals surface area contributed by atoms with Gasteiger partial charge in [-0.15, -0.1) is 0 Å². The van der Waals surface area contributed by atoms with Gasteiger partial charge in [0.15, 0.2) is 0 Å². The molecule has 2 aliphatic rings. The third-order valence-electron chi connectivity index (χ3n) is 10.9. The van der Waals surface area contributed by atoms with Crippen LogP contribution in [-0.2, 0) is 5.41 Å². The summed E-state index contributed by atoms with van der Waals surface area (Å²) in [6.45, 7) is 0. The predicted octanol–water partition coefficient (Wildman–Crippen LogP) is 12.7. The summed E-state index contributed by atoms with van der Waals surface area (Å²) in [7, 11) is 0. The van der Waals surface area contributed by atoms with Gasteiger partial charge >= 0.3 is 0 Å². The second-order valence-corrected chi connectivity index (χ2v) is 13.6. The second kappa shape index (κ2) is 11.1. The average Bonchev–Trinajstić information content (AvgIpc) is 3.54. The zero-order valence-corrected chi connectivity index (χ0v) is 28.2. The summed E-state index contributed by atoms with van der Waals surface area (Å²) < 4.78 is 16.2. The van der Waals surface area contributed by atoms with Crippen molar-refractivity contribution < 1.29 is 9.47 Å². The number of rotatable bonds is 3. The molecule has 0 radical (unpaired) electrons. The third-order valence-corrected chi connectivity index (χ3v) is 10.9. The molecule has 3 heteroatoms. The minimum absolute atomic E-state index is 0.765. The van der Waals surface area contributed by atoms with Gasteiger partial charge in [-0.05, 0) is 70.8 Å². The Morgan fingerprint density at radius 2 is 0.885 bits per heavy atom. The van der Waals surface area contributed by atoms with Crippen LogP contribution in [-0.4, -0.2) is 4.57 Å². The van der Waals surface area contributed by atoms with E-state index in [0.29, 0.717) is 0 Å². The highest BCUT2D eigenvalue weighted by molar-refractivity contribution is 6.10. The Balaban J connectivity index is 1.28. The summed E-state index contributed by atoms with van der Waals surface area (Å²) in [4.78, 5) is 0. The number of aromatic nitrogens is 1. The molecule has 1 spiro atoms. The molecule has 52 heavy (non-hydrogen) atoms. The van der Waals surface area contributed by atoms with Gasteiger partial charge in [0.05, 0.1) is 16.4 Å². The maximum Gasteiger partial charge on any atom is 0.132 e. The fourth-order valence-electron chi connectivity index (χ4n) is 8.87. The number of benzene rings is 8. The molecule has 3 nitrogen and oxygen atoms in total. The molecule has 0 fully saturated rings. The molecule has 1 aromatic heterocycles. The van der Waals surface area contributed by atoms with E-state index >= 15 is 0 Å². The molecule has 11 rings (SSSR count). The van der Waals surface area contributed by atoms with Crippen molar-refractivity contribution in [1.82, 2.24) is 4.57 Å². The Morgan fingerprint density at radius 1 is 0.365 bits per heavy atom. The van der Waals surface area contributed by atoms with Crippen molar-refractivity contribution in [2.24, 2.45) is 0 Å². The van der Waals surface area contributed by atoms with Crippen molar-refractivity contribution >= 4 is 21.8 Å². The van der Waals surface area contributed by atoms with E-state index in [1.807, 2.05) is 0 Å². The molecule has 0 amide bonds. The summed E-state index contributed by atoms with van der Waals surface area (Å²) >= 11 is 0. The topological polar surface area (TPSA) is 23.4 Å². The van der Waals surface area contributed by atoms with E-state index < -0.39 is 5.41 Å². The van der Waals surface area contributed by atoms with Crippen LogP contribution >= 0.6 is 0 Å². The number of hydrogen-bond donors (Lipinski definition) is 0. The van der Waals surface area contributed by atoms with E-state index in [9.17, 15) is 0 Å². The predicted molar refractivity (Wildman–Crippen MR) is 210 cm³/mol. The van der Waals surface area contributed by atoms with Crippen LogP contribution in [0.4, 0.5) is 0 Å². The van der Waals surface area contributed by atoms with Gasteiger partial charge in [-0.3, -0.25) is 0 Å². The maximum absolute atomic E-state index is 7.04. The average molecular weight is 666 g/mol. The lowest BCUT2D eigenvalue weighted by atomic mass is 9.59. The maximum atomic E-state index is 7.04. The lowest BCUT2D eigenvalue weighted by molar-refractivity contribution is 0.400. The molecule has 2 aliphatic heterocycles. The van der Waals surface area contributed by atoms with Gasteiger partial charge in [-0.1, -0.05) is 140 Å². The van der Waals surface area contributed by atoms with E-state index in [4.69, 9.17) is 9.47 Å². The first-order chi connectivity index (χ1) is 25.8. The monoisotopic (exact) mass is 665 g/mol. The largest absolute Gasteiger partial charge is 0.457 e. The summed E-state index contributed by atoms with van der Waals surface area (Å²) in [5, 5.41) is 2.45. The summed E-state index contributed by atoms with van der Waals surface area (Å²) in [6, 6.07) is 67.0. The molecule has 9 aromatic rings. The first-order valence-electron chi connectivity index (χ1n) is 17.8. The van der Waals surface area contributed by atoms with E-state index in [1.165, 1.54) is 16.3 Å². The molecule has 0 N–H and O–H groups in total. The fourth-order valence-corrected chi connectivity index (χ4v) is 8.87. The highest BCUT2D eigenvalue weighted by Crippen LogP contribution is 2.64. The highest BCUT2D eigenvalue weighted by Gasteiger charge is 2.52. The Bertz CT molecular complexity index is 2810. The molecule has 0 saturated carbocycles. The molecule has 8 aromatic carbocycles. The molecule has 0 aliphatic carbocycles. The highest BCUT2D eigenvalue weighted by atomic mass is 16.5.